The number of ether oxygens (including phenoxy) is 2. The molecule has 0 saturated heterocycles. The second-order valence-corrected chi connectivity index (χ2v) is 7.48. The Kier molecular flexibility index (Phi) is 5.06. The van der Waals surface area contributed by atoms with Crippen molar-refractivity contribution in [2.24, 2.45) is 0 Å². The standard InChI is InChI=1S/C18H21NO4S/c1-14-5-2-3-6-18(14)24(20,21)19-10-9-15-7-8-16-17(13-15)23-12-4-11-22-16/h2-3,5-8,13,19H,4,9-12H2,1H3. The van der Waals surface area contributed by atoms with Crippen molar-refractivity contribution in [3.05, 3.63) is 53.6 Å². The highest BCUT2D eigenvalue weighted by molar-refractivity contribution is 7.89. The van der Waals surface area contributed by atoms with Gasteiger partial charge < -0.3 is 9.47 Å². The van der Waals surface area contributed by atoms with Crippen LogP contribution in [0.1, 0.15) is 17.5 Å². The maximum Gasteiger partial charge on any atom is 0.240 e. The highest BCUT2D eigenvalue weighted by atomic mass is 32.2. The van der Waals surface area contributed by atoms with Crippen LogP contribution in [0.5, 0.6) is 11.5 Å². The van der Waals surface area contributed by atoms with E-state index in [0.717, 1.165) is 29.0 Å². The van der Waals surface area contributed by atoms with Crippen LogP contribution in [0, 0.1) is 6.92 Å². The van der Waals surface area contributed by atoms with Gasteiger partial charge in [-0.2, -0.15) is 0 Å². The summed E-state index contributed by atoms with van der Waals surface area (Å²) in [5.74, 6) is 1.48. The molecule has 1 N–H and O–H groups in total. The van der Waals surface area contributed by atoms with Gasteiger partial charge in [0.15, 0.2) is 11.5 Å². The van der Waals surface area contributed by atoms with Crippen LogP contribution in [0.4, 0.5) is 0 Å². The van der Waals surface area contributed by atoms with E-state index in [1.165, 1.54) is 0 Å². The normalized spacial score (nSPS) is 14.2. The molecule has 0 amide bonds. The summed E-state index contributed by atoms with van der Waals surface area (Å²) in [6.07, 6.45) is 1.45. The fourth-order valence-corrected chi connectivity index (χ4v) is 3.90. The first-order valence-electron chi connectivity index (χ1n) is 8.00. The van der Waals surface area contributed by atoms with Gasteiger partial charge in [0.1, 0.15) is 0 Å². The van der Waals surface area contributed by atoms with Gasteiger partial charge in [-0.3, -0.25) is 0 Å². The Morgan fingerprint density at radius 3 is 2.58 bits per heavy atom. The van der Waals surface area contributed by atoms with Crippen LogP contribution >= 0.6 is 0 Å². The zero-order valence-corrected chi connectivity index (χ0v) is 14.4. The van der Waals surface area contributed by atoms with Crippen molar-refractivity contribution >= 4 is 10.0 Å². The molecule has 0 aromatic heterocycles. The third kappa shape index (κ3) is 3.88. The summed E-state index contributed by atoms with van der Waals surface area (Å²) >= 11 is 0. The van der Waals surface area contributed by atoms with Crippen LogP contribution < -0.4 is 14.2 Å². The van der Waals surface area contributed by atoms with Crippen LogP contribution in [-0.2, 0) is 16.4 Å². The number of nitrogens with one attached hydrogen (secondary N) is 1. The van der Waals surface area contributed by atoms with Gasteiger partial charge in [0.2, 0.25) is 10.0 Å². The van der Waals surface area contributed by atoms with Gasteiger partial charge in [-0.25, -0.2) is 13.1 Å². The number of rotatable bonds is 5. The molecule has 0 spiro atoms. The molecule has 0 fully saturated rings. The van der Waals surface area contributed by atoms with E-state index in [1.807, 2.05) is 24.3 Å². The quantitative estimate of drug-likeness (QED) is 0.903. The smallest absolute Gasteiger partial charge is 0.240 e. The first-order valence-corrected chi connectivity index (χ1v) is 9.48. The Morgan fingerprint density at radius 1 is 1.04 bits per heavy atom. The number of hydrogen-bond acceptors (Lipinski definition) is 4. The number of fused-ring (bicyclic) bond motifs is 1. The van der Waals surface area contributed by atoms with E-state index < -0.39 is 10.0 Å². The summed E-state index contributed by atoms with van der Waals surface area (Å²) in [5.41, 5.74) is 1.74. The summed E-state index contributed by atoms with van der Waals surface area (Å²) in [5, 5.41) is 0. The highest BCUT2D eigenvalue weighted by Gasteiger charge is 2.16. The third-order valence-corrected chi connectivity index (χ3v) is 5.52. The van der Waals surface area contributed by atoms with Gasteiger partial charge in [-0.15, -0.1) is 0 Å². The summed E-state index contributed by atoms with van der Waals surface area (Å²) in [6.45, 7) is 3.41. The van der Waals surface area contributed by atoms with E-state index in [-0.39, 0.29) is 0 Å². The van der Waals surface area contributed by atoms with Crippen molar-refractivity contribution in [1.29, 1.82) is 0 Å². The van der Waals surface area contributed by atoms with Crippen molar-refractivity contribution in [2.75, 3.05) is 19.8 Å². The van der Waals surface area contributed by atoms with Gasteiger partial charge in [0.05, 0.1) is 18.1 Å². The minimum Gasteiger partial charge on any atom is -0.490 e. The summed E-state index contributed by atoms with van der Waals surface area (Å²) < 4.78 is 38.6. The van der Waals surface area contributed by atoms with E-state index >= 15 is 0 Å². The second-order valence-electron chi connectivity index (χ2n) is 5.74. The lowest BCUT2D eigenvalue weighted by Crippen LogP contribution is -2.26. The molecule has 1 aliphatic heterocycles. The molecular formula is C18H21NO4S. The van der Waals surface area contributed by atoms with E-state index in [9.17, 15) is 8.42 Å². The van der Waals surface area contributed by atoms with Crippen LogP contribution in [-0.4, -0.2) is 28.2 Å². The SMILES string of the molecule is Cc1ccccc1S(=O)(=O)NCCc1ccc2c(c1)OCCCO2. The molecule has 0 radical (unpaired) electrons. The van der Waals surface area contributed by atoms with Crippen LogP contribution in [0.15, 0.2) is 47.4 Å². The Labute approximate surface area is 142 Å². The molecule has 0 atom stereocenters. The molecule has 6 heteroatoms. The fraction of sp³-hybridized carbons (Fsp3) is 0.333. The molecule has 24 heavy (non-hydrogen) atoms. The zero-order valence-electron chi connectivity index (χ0n) is 13.6. The van der Waals surface area contributed by atoms with Gasteiger partial charge in [-0.05, 0) is 42.7 Å². The minimum absolute atomic E-state index is 0.323. The monoisotopic (exact) mass is 347 g/mol. The summed E-state index contributed by atoms with van der Waals surface area (Å²) in [4.78, 5) is 0.323. The Balaban J connectivity index is 1.64. The van der Waals surface area contributed by atoms with Gasteiger partial charge in [-0.1, -0.05) is 24.3 Å². The minimum atomic E-state index is -3.49. The van der Waals surface area contributed by atoms with Crippen molar-refractivity contribution in [1.82, 2.24) is 4.72 Å². The van der Waals surface area contributed by atoms with E-state index in [2.05, 4.69) is 4.72 Å². The predicted molar refractivity (Wildman–Crippen MR) is 92.1 cm³/mol. The van der Waals surface area contributed by atoms with Crippen LogP contribution in [0.25, 0.3) is 0 Å². The fourth-order valence-electron chi connectivity index (χ4n) is 2.63. The van der Waals surface area contributed by atoms with Gasteiger partial charge in [0, 0.05) is 13.0 Å². The molecule has 1 aliphatic rings. The zero-order chi connectivity index (χ0) is 17.0. The summed E-state index contributed by atoms with van der Waals surface area (Å²) in [6, 6.07) is 12.7. The van der Waals surface area contributed by atoms with Crippen molar-refractivity contribution < 1.29 is 17.9 Å². The average Bonchev–Trinajstić information content (AvgIpc) is 2.80. The lowest BCUT2D eigenvalue weighted by atomic mass is 10.1. The maximum atomic E-state index is 12.4. The molecule has 128 valence electrons. The molecule has 0 unspecified atom stereocenters. The van der Waals surface area contributed by atoms with E-state index in [4.69, 9.17) is 9.47 Å². The lowest BCUT2D eigenvalue weighted by Gasteiger charge is -2.11. The van der Waals surface area contributed by atoms with Gasteiger partial charge >= 0.3 is 0 Å². The van der Waals surface area contributed by atoms with Crippen molar-refractivity contribution in [3.8, 4) is 11.5 Å². The van der Waals surface area contributed by atoms with Gasteiger partial charge in [0.25, 0.3) is 0 Å². The van der Waals surface area contributed by atoms with Crippen LogP contribution in [0.2, 0.25) is 0 Å². The molecular weight excluding hydrogens is 326 g/mol. The van der Waals surface area contributed by atoms with E-state index in [0.29, 0.717) is 31.1 Å². The van der Waals surface area contributed by atoms with Crippen LogP contribution in [0.3, 0.4) is 0 Å². The first-order chi connectivity index (χ1) is 11.6. The molecule has 5 nitrogen and oxygen atoms in total. The molecule has 0 bridgehead atoms. The molecule has 2 aromatic carbocycles. The maximum absolute atomic E-state index is 12.4. The second kappa shape index (κ2) is 7.23. The third-order valence-electron chi connectivity index (χ3n) is 3.90. The average molecular weight is 347 g/mol. The largest absolute Gasteiger partial charge is 0.490 e. The molecule has 1 heterocycles. The molecule has 0 aliphatic carbocycles. The van der Waals surface area contributed by atoms with E-state index in [1.54, 1.807) is 25.1 Å². The Hall–Kier alpha value is -2.05. The van der Waals surface area contributed by atoms with Crippen molar-refractivity contribution in [2.45, 2.75) is 24.7 Å². The molecule has 3 rings (SSSR count). The molecule has 2 aromatic rings. The number of aryl methyl sites for hydroxylation is 1. The number of sulfonamides is 1. The number of hydrogen-bond donors (Lipinski definition) is 1. The Morgan fingerprint density at radius 2 is 1.79 bits per heavy atom. The highest BCUT2D eigenvalue weighted by Crippen LogP contribution is 2.30. The first kappa shape index (κ1) is 16.8. The lowest BCUT2D eigenvalue weighted by molar-refractivity contribution is 0.297. The van der Waals surface area contributed by atoms with Crippen molar-refractivity contribution in [3.63, 3.8) is 0 Å². The predicted octanol–water partition coefficient (Wildman–Crippen LogP) is 2.68. The Bertz CT molecular complexity index is 818. The number of benzene rings is 2. The topological polar surface area (TPSA) is 64.6 Å². The summed E-state index contributed by atoms with van der Waals surface area (Å²) in [7, 11) is -3.49. The molecule has 0 saturated carbocycles.